The summed E-state index contributed by atoms with van der Waals surface area (Å²) < 4.78 is 18.0. The lowest BCUT2D eigenvalue weighted by atomic mass is 10.3. The minimum atomic E-state index is -0.311. The Morgan fingerprint density at radius 2 is 2.08 bits per heavy atom. The molecule has 2 nitrogen and oxygen atoms in total. The Morgan fingerprint density at radius 3 is 2.69 bits per heavy atom. The van der Waals surface area contributed by atoms with Crippen molar-refractivity contribution in [3.8, 4) is 5.75 Å². The second kappa shape index (κ2) is 6.69. The second-order valence-electron chi connectivity index (χ2n) is 2.38. The van der Waals surface area contributed by atoms with E-state index in [0.29, 0.717) is 18.9 Å². The standard InChI is InChI=1S/C9H12FNO.ClH/c1-11-6-7-12-9-5-3-2-4-8(9)10;/h2-5,11H,6-7H2,1H3;1H/p-1. The van der Waals surface area contributed by atoms with Gasteiger partial charge in [-0.2, -0.15) is 0 Å². The lowest BCUT2D eigenvalue weighted by molar-refractivity contribution is -0.00000343. The van der Waals surface area contributed by atoms with E-state index in [-0.39, 0.29) is 18.2 Å². The third-order valence-corrected chi connectivity index (χ3v) is 1.45. The maximum absolute atomic E-state index is 12.9. The first-order chi connectivity index (χ1) is 5.84. The normalized spacial score (nSPS) is 9.08. The average Bonchev–Trinajstić information content (AvgIpc) is 2.09. The summed E-state index contributed by atoms with van der Waals surface area (Å²) in [5, 5.41) is 2.91. The van der Waals surface area contributed by atoms with Gasteiger partial charge < -0.3 is 22.5 Å². The van der Waals surface area contributed by atoms with Crippen LogP contribution in [0.2, 0.25) is 0 Å². The van der Waals surface area contributed by atoms with E-state index in [1.165, 1.54) is 6.07 Å². The molecule has 0 aliphatic carbocycles. The van der Waals surface area contributed by atoms with Crippen LogP contribution >= 0.6 is 0 Å². The molecule has 0 unspecified atom stereocenters. The van der Waals surface area contributed by atoms with Crippen LogP contribution in [-0.2, 0) is 0 Å². The molecule has 74 valence electrons. The smallest absolute Gasteiger partial charge is 0.165 e. The predicted molar refractivity (Wildman–Crippen MR) is 45.8 cm³/mol. The van der Waals surface area contributed by atoms with Crippen molar-refractivity contribution in [1.82, 2.24) is 5.32 Å². The van der Waals surface area contributed by atoms with E-state index in [9.17, 15) is 4.39 Å². The fraction of sp³-hybridized carbons (Fsp3) is 0.333. The van der Waals surface area contributed by atoms with Crippen LogP contribution in [0.25, 0.3) is 0 Å². The van der Waals surface area contributed by atoms with Gasteiger partial charge in [-0.3, -0.25) is 0 Å². The van der Waals surface area contributed by atoms with Crippen LogP contribution < -0.4 is 22.5 Å². The number of para-hydroxylation sites is 1. The molecule has 0 saturated carbocycles. The van der Waals surface area contributed by atoms with Gasteiger partial charge in [0.2, 0.25) is 0 Å². The number of rotatable bonds is 4. The quantitative estimate of drug-likeness (QED) is 0.599. The van der Waals surface area contributed by atoms with E-state index >= 15 is 0 Å². The maximum atomic E-state index is 12.9. The van der Waals surface area contributed by atoms with Crippen molar-refractivity contribution >= 4 is 0 Å². The molecule has 1 rings (SSSR count). The summed E-state index contributed by atoms with van der Waals surface area (Å²) in [5.74, 6) is 0.00125. The number of halogens is 2. The zero-order valence-corrected chi connectivity index (χ0v) is 8.14. The van der Waals surface area contributed by atoms with E-state index in [1.54, 1.807) is 18.2 Å². The Morgan fingerprint density at radius 1 is 1.38 bits per heavy atom. The number of hydrogen-bond donors (Lipinski definition) is 1. The fourth-order valence-electron chi connectivity index (χ4n) is 0.825. The lowest BCUT2D eigenvalue weighted by Crippen LogP contribution is -3.00. The number of ether oxygens (including phenoxy) is 1. The van der Waals surface area contributed by atoms with Crippen molar-refractivity contribution in [3.63, 3.8) is 0 Å². The van der Waals surface area contributed by atoms with Crippen LogP contribution in [0.1, 0.15) is 0 Å². The van der Waals surface area contributed by atoms with Crippen molar-refractivity contribution in [2.75, 3.05) is 20.2 Å². The summed E-state index contributed by atoms with van der Waals surface area (Å²) >= 11 is 0. The Labute approximate surface area is 83.5 Å². The molecular formula is C9H12ClFNO-. The molecule has 0 aromatic heterocycles. The molecule has 1 aromatic carbocycles. The summed E-state index contributed by atoms with van der Waals surface area (Å²) in [6, 6.07) is 6.39. The van der Waals surface area contributed by atoms with Gasteiger partial charge >= 0.3 is 0 Å². The number of benzene rings is 1. The monoisotopic (exact) mass is 204 g/mol. The van der Waals surface area contributed by atoms with Gasteiger partial charge in [0.1, 0.15) is 6.61 Å². The third-order valence-electron chi connectivity index (χ3n) is 1.45. The first kappa shape index (κ1) is 12.2. The van der Waals surface area contributed by atoms with Gasteiger partial charge in [-0.15, -0.1) is 0 Å². The first-order valence-corrected chi connectivity index (χ1v) is 3.86. The van der Waals surface area contributed by atoms with E-state index in [0.717, 1.165) is 0 Å². The molecule has 1 N–H and O–H groups in total. The number of nitrogens with one attached hydrogen (secondary N) is 1. The summed E-state index contributed by atoms with van der Waals surface area (Å²) in [5.41, 5.74) is 0. The van der Waals surface area contributed by atoms with Gasteiger partial charge in [-0.25, -0.2) is 4.39 Å². The molecule has 0 saturated heterocycles. The van der Waals surface area contributed by atoms with Crippen molar-refractivity contribution < 1.29 is 21.5 Å². The van der Waals surface area contributed by atoms with Crippen LogP contribution in [0.3, 0.4) is 0 Å². The molecule has 13 heavy (non-hydrogen) atoms. The highest BCUT2D eigenvalue weighted by atomic mass is 35.5. The molecule has 4 heteroatoms. The summed E-state index contributed by atoms with van der Waals surface area (Å²) in [7, 11) is 1.82. The molecule has 0 spiro atoms. The zero-order valence-electron chi connectivity index (χ0n) is 7.39. The summed E-state index contributed by atoms with van der Waals surface area (Å²) in [6.45, 7) is 1.20. The SMILES string of the molecule is CNCCOc1ccccc1F.[Cl-]. The topological polar surface area (TPSA) is 21.3 Å². The Kier molecular flexibility index (Phi) is 6.28. The third kappa shape index (κ3) is 4.10. The first-order valence-electron chi connectivity index (χ1n) is 3.86. The molecule has 0 heterocycles. The van der Waals surface area contributed by atoms with E-state index in [4.69, 9.17) is 4.74 Å². The van der Waals surface area contributed by atoms with Gasteiger partial charge in [0.05, 0.1) is 0 Å². The molecule has 0 aliphatic rings. The van der Waals surface area contributed by atoms with Crippen LogP contribution in [0.15, 0.2) is 24.3 Å². The number of likely N-dealkylation sites (N-methyl/N-ethyl adjacent to an activating group) is 1. The van der Waals surface area contributed by atoms with Crippen LogP contribution in [-0.4, -0.2) is 20.2 Å². The molecule has 0 bridgehead atoms. The van der Waals surface area contributed by atoms with Crippen molar-refractivity contribution in [1.29, 1.82) is 0 Å². The minimum absolute atomic E-state index is 0. The van der Waals surface area contributed by atoms with Crippen molar-refractivity contribution in [2.45, 2.75) is 0 Å². The Hall–Kier alpha value is -0.800. The van der Waals surface area contributed by atoms with Gasteiger partial charge in [0.25, 0.3) is 0 Å². The summed E-state index contributed by atoms with van der Waals surface area (Å²) in [4.78, 5) is 0. The van der Waals surface area contributed by atoms with Crippen molar-refractivity contribution in [2.24, 2.45) is 0 Å². The highest BCUT2D eigenvalue weighted by Gasteiger charge is 1.99. The highest BCUT2D eigenvalue weighted by molar-refractivity contribution is 5.23. The minimum Gasteiger partial charge on any atom is -1.00 e. The van der Waals surface area contributed by atoms with E-state index in [2.05, 4.69) is 5.32 Å². The molecule has 1 aromatic rings. The van der Waals surface area contributed by atoms with E-state index in [1.807, 2.05) is 7.05 Å². The van der Waals surface area contributed by atoms with Gasteiger partial charge in [-0.05, 0) is 19.2 Å². The lowest BCUT2D eigenvalue weighted by Gasteiger charge is -2.05. The molecule has 0 fully saturated rings. The van der Waals surface area contributed by atoms with E-state index < -0.39 is 0 Å². The van der Waals surface area contributed by atoms with Crippen LogP contribution in [0.4, 0.5) is 4.39 Å². The van der Waals surface area contributed by atoms with Gasteiger partial charge in [0, 0.05) is 6.54 Å². The molecule has 0 aliphatic heterocycles. The predicted octanol–water partition coefficient (Wildman–Crippen LogP) is -1.57. The molecule has 0 atom stereocenters. The van der Waals surface area contributed by atoms with Crippen LogP contribution in [0.5, 0.6) is 5.75 Å². The zero-order chi connectivity index (χ0) is 8.81. The maximum Gasteiger partial charge on any atom is 0.165 e. The fourth-order valence-corrected chi connectivity index (χ4v) is 0.825. The number of hydrogen-bond acceptors (Lipinski definition) is 2. The van der Waals surface area contributed by atoms with Gasteiger partial charge in [0.15, 0.2) is 11.6 Å². The van der Waals surface area contributed by atoms with Crippen molar-refractivity contribution in [3.05, 3.63) is 30.1 Å². The highest BCUT2D eigenvalue weighted by Crippen LogP contribution is 2.14. The molecule has 0 amide bonds. The van der Waals surface area contributed by atoms with Crippen LogP contribution in [0, 0.1) is 5.82 Å². The van der Waals surface area contributed by atoms with Gasteiger partial charge in [-0.1, -0.05) is 12.1 Å². The largest absolute Gasteiger partial charge is 1.00 e. The molecule has 0 radical (unpaired) electrons. The second-order valence-corrected chi connectivity index (χ2v) is 2.38. The Balaban J connectivity index is 0.00000144. The molecular weight excluding hydrogens is 193 g/mol. The average molecular weight is 205 g/mol. The summed E-state index contributed by atoms with van der Waals surface area (Å²) in [6.07, 6.45) is 0. The Bertz CT molecular complexity index is 245.